The smallest absolute Gasteiger partial charge is 0.378 e. The van der Waals surface area contributed by atoms with Crippen LogP contribution in [-0.4, -0.2) is 24.3 Å². The Morgan fingerprint density at radius 1 is 1.29 bits per heavy atom. The highest BCUT2D eigenvalue weighted by atomic mass is 19.4. The molecular weight excluding hydrogens is 237 g/mol. The molecule has 2 N–H and O–H groups in total. The fraction of sp³-hybridized carbons (Fsp3) is 0.500. The number of hydrogen-bond acceptors (Lipinski definition) is 3. The van der Waals surface area contributed by atoms with Crippen LogP contribution in [-0.2, 0) is 17.5 Å². The first-order chi connectivity index (χ1) is 7.95. The summed E-state index contributed by atoms with van der Waals surface area (Å²) in [4.78, 5) is 11.3. The molecule has 0 bridgehead atoms. The Kier molecular flexibility index (Phi) is 4.71. The Morgan fingerprint density at radius 3 is 2.59 bits per heavy atom. The molecule has 1 aromatic rings. The normalized spacial score (nSPS) is 11.8. The lowest BCUT2D eigenvalue weighted by Gasteiger charge is -2.10. The van der Waals surface area contributed by atoms with Crippen LogP contribution >= 0.6 is 0 Å². The van der Waals surface area contributed by atoms with Gasteiger partial charge in [0.25, 0.3) is 5.56 Å². The van der Waals surface area contributed by atoms with Crippen molar-refractivity contribution >= 4 is 0 Å². The maximum atomic E-state index is 12.4. The van der Waals surface area contributed by atoms with Gasteiger partial charge < -0.3 is 15.0 Å². The number of rotatable bonds is 5. The minimum atomic E-state index is -4.45. The van der Waals surface area contributed by atoms with Crippen molar-refractivity contribution in [2.24, 2.45) is 5.73 Å². The second kappa shape index (κ2) is 5.83. The van der Waals surface area contributed by atoms with Crippen molar-refractivity contribution in [1.29, 1.82) is 0 Å². The van der Waals surface area contributed by atoms with E-state index in [4.69, 9.17) is 10.5 Å². The van der Waals surface area contributed by atoms with Crippen LogP contribution in [0.15, 0.2) is 23.1 Å². The van der Waals surface area contributed by atoms with Gasteiger partial charge in [-0.3, -0.25) is 4.79 Å². The van der Waals surface area contributed by atoms with E-state index in [1.54, 1.807) is 0 Å². The summed E-state index contributed by atoms with van der Waals surface area (Å²) in [7, 11) is 0. The molecule has 0 aliphatic rings. The number of aromatic nitrogens is 1. The number of alkyl halides is 3. The van der Waals surface area contributed by atoms with Gasteiger partial charge in [0.15, 0.2) is 0 Å². The van der Waals surface area contributed by atoms with Gasteiger partial charge in [0, 0.05) is 25.4 Å². The van der Waals surface area contributed by atoms with Crippen LogP contribution < -0.4 is 11.3 Å². The number of nitrogens with two attached hydrogens (primary N) is 1. The van der Waals surface area contributed by atoms with Crippen molar-refractivity contribution in [2.45, 2.75) is 12.7 Å². The highest BCUT2D eigenvalue weighted by molar-refractivity contribution is 5.13. The van der Waals surface area contributed by atoms with Crippen molar-refractivity contribution < 1.29 is 17.9 Å². The summed E-state index contributed by atoms with van der Waals surface area (Å²) in [6.07, 6.45) is -3.66. The van der Waals surface area contributed by atoms with Crippen LogP contribution in [0, 0.1) is 0 Å². The van der Waals surface area contributed by atoms with Gasteiger partial charge in [0.05, 0.1) is 18.8 Å². The molecule has 0 saturated carbocycles. The predicted molar refractivity (Wildman–Crippen MR) is 55.6 cm³/mol. The molecule has 1 aromatic heterocycles. The number of ether oxygens (including phenoxy) is 1. The van der Waals surface area contributed by atoms with Gasteiger partial charge in [0.2, 0.25) is 0 Å². The molecule has 0 saturated heterocycles. The first kappa shape index (κ1) is 13.7. The molecule has 0 aliphatic carbocycles. The third-order valence-electron chi connectivity index (χ3n) is 2.05. The van der Waals surface area contributed by atoms with Crippen LogP contribution in [0.25, 0.3) is 0 Å². The summed E-state index contributed by atoms with van der Waals surface area (Å²) < 4.78 is 43.1. The van der Waals surface area contributed by atoms with Crippen molar-refractivity contribution in [3.05, 3.63) is 34.2 Å². The Balaban J connectivity index is 2.74. The van der Waals surface area contributed by atoms with E-state index in [2.05, 4.69) is 0 Å². The van der Waals surface area contributed by atoms with E-state index in [-0.39, 0.29) is 13.2 Å². The number of halogens is 3. The molecule has 0 amide bonds. The van der Waals surface area contributed by atoms with Gasteiger partial charge in [-0.1, -0.05) is 0 Å². The summed E-state index contributed by atoms with van der Waals surface area (Å²) in [5.74, 6) is 0. The van der Waals surface area contributed by atoms with Gasteiger partial charge in [-0.25, -0.2) is 0 Å². The summed E-state index contributed by atoms with van der Waals surface area (Å²) in [6.45, 7) is 0.867. The zero-order valence-electron chi connectivity index (χ0n) is 9.04. The number of pyridine rings is 1. The minimum absolute atomic E-state index is 0.0722. The van der Waals surface area contributed by atoms with Gasteiger partial charge in [-0.05, 0) is 6.07 Å². The maximum absolute atomic E-state index is 12.4. The van der Waals surface area contributed by atoms with Crippen molar-refractivity contribution in [3.63, 3.8) is 0 Å². The maximum Gasteiger partial charge on any atom is 0.417 e. The molecule has 0 fully saturated rings. The molecule has 17 heavy (non-hydrogen) atoms. The van der Waals surface area contributed by atoms with E-state index in [1.165, 1.54) is 0 Å². The van der Waals surface area contributed by atoms with E-state index in [9.17, 15) is 18.0 Å². The molecule has 0 aromatic carbocycles. The zero-order valence-corrected chi connectivity index (χ0v) is 9.04. The standard InChI is InChI=1S/C10H13F3N2O2/c11-10(12,13)8-1-2-9(16)15(7-8)4-6-17-5-3-14/h1-2,7H,3-6,14H2. The highest BCUT2D eigenvalue weighted by Gasteiger charge is 2.30. The van der Waals surface area contributed by atoms with Crippen molar-refractivity contribution in [2.75, 3.05) is 19.8 Å². The quantitative estimate of drug-likeness (QED) is 0.788. The largest absolute Gasteiger partial charge is 0.417 e. The second-order valence-corrected chi connectivity index (χ2v) is 3.35. The van der Waals surface area contributed by atoms with Crippen LogP contribution in [0.2, 0.25) is 0 Å². The Bertz CT molecular complexity index is 415. The fourth-order valence-corrected chi connectivity index (χ4v) is 1.22. The van der Waals surface area contributed by atoms with Crippen LogP contribution in [0.1, 0.15) is 5.56 Å². The Hall–Kier alpha value is -1.34. The first-order valence-electron chi connectivity index (χ1n) is 5.00. The third kappa shape index (κ3) is 4.20. The molecular formula is C10H13F3N2O2. The highest BCUT2D eigenvalue weighted by Crippen LogP contribution is 2.27. The molecule has 1 heterocycles. The van der Waals surface area contributed by atoms with Crippen LogP contribution in [0.3, 0.4) is 0 Å². The second-order valence-electron chi connectivity index (χ2n) is 3.35. The number of hydrogen-bond donors (Lipinski definition) is 1. The average molecular weight is 250 g/mol. The third-order valence-corrected chi connectivity index (χ3v) is 2.05. The molecule has 0 spiro atoms. The fourth-order valence-electron chi connectivity index (χ4n) is 1.22. The van der Waals surface area contributed by atoms with Crippen molar-refractivity contribution in [1.82, 2.24) is 4.57 Å². The predicted octanol–water partition coefficient (Wildman–Crippen LogP) is 0.842. The van der Waals surface area contributed by atoms with Gasteiger partial charge in [-0.15, -0.1) is 0 Å². The molecule has 0 radical (unpaired) electrons. The van der Waals surface area contributed by atoms with E-state index < -0.39 is 17.3 Å². The van der Waals surface area contributed by atoms with Crippen molar-refractivity contribution in [3.8, 4) is 0 Å². The van der Waals surface area contributed by atoms with E-state index in [1.807, 2.05) is 0 Å². The van der Waals surface area contributed by atoms with E-state index in [0.717, 1.165) is 22.9 Å². The average Bonchev–Trinajstić information content (AvgIpc) is 2.25. The summed E-state index contributed by atoms with van der Waals surface area (Å²) >= 11 is 0. The molecule has 7 heteroatoms. The van der Waals surface area contributed by atoms with E-state index >= 15 is 0 Å². The minimum Gasteiger partial charge on any atom is -0.378 e. The first-order valence-corrected chi connectivity index (χ1v) is 5.00. The molecule has 96 valence electrons. The lowest BCUT2D eigenvalue weighted by Crippen LogP contribution is -2.24. The zero-order chi connectivity index (χ0) is 12.9. The van der Waals surface area contributed by atoms with Gasteiger partial charge in [-0.2, -0.15) is 13.2 Å². The lowest BCUT2D eigenvalue weighted by atomic mass is 10.3. The topological polar surface area (TPSA) is 57.2 Å². The Labute approximate surface area is 95.8 Å². The molecule has 0 aliphatic heterocycles. The molecule has 4 nitrogen and oxygen atoms in total. The summed E-state index contributed by atoms with van der Waals surface area (Å²) in [6, 6.07) is 1.66. The van der Waals surface area contributed by atoms with Crippen LogP contribution in [0.5, 0.6) is 0 Å². The molecule has 0 unspecified atom stereocenters. The SMILES string of the molecule is NCCOCCn1cc(C(F)(F)F)ccc1=O. The molecule has 0 atom stereocenters. The number of nitrogens with zero attached hydrogens (tertiary/aromatic N) is 1. The summed E-state index contributed by atoms with van der Waals surface area (Å²) in [5, 5.41) is 0. The van der Waals surface area contributed by atoms with Gasteiger partial charge >= 0.3 is 6.18 Å². The van der Waals surface area contributed by atoms with Crippen LogP contribution in [0.4, 0.5) is 13.2 Å². The van der Waals surface area contributed by atoms with Gasteiger partial charge in [0.1, 0.15) is 0 Å². The summed E-state index contributed by atoms with van der Waals surface area (Å²) in [5.41, 5.74) is 3.83. The monoisotopic (exact) mass is 250 g/mol. The molecule has 1 rings (SSSR count). The Morgan fingerprint density at radius 2 is 2.00 bits per heavy atom. The van der Waals surface area contributed by atoms with E-state index in [0.29, 0.717) is 13.2 Å². The lowest BCUT2D eigenvalue weighted by molar-refractivity contribution is -0.138.